The van der Waals surface area contributed by atoms with E-state index in [4.69, 9.17) is 14.5 Å². The number of methoxy groups -OCH3 is 2. The predicted molar refractivity (Wildman–Crippen MR) is 131 cm³/mol. The topological polar surface area (TPSA) is 51.0 Å². The van der Waals surface area contributed by atoms with Crippen molar-refractivity contribution < 1.29 is 9.47 Å². The van der Waals surface area contributed by atoms with Crippen molar-refractivity contribution in [1.29, 1.82) is 0 Å². The molecule has 29 heavy (non-hydrogen) atoms. The number of rotatable bonds is 8. The van der Waals surface area contributed by atoms with Crippen molar-refractivity contribution >= 4 is 29.9 Å². The largest absolute Gasteiger partial charge is 0.493 e. The van der Waals surface area contributed by atoms with Gasteiger partial charge in [0.05, 0.1) is 27.3 Å². The van der Waals surface area contributed by atoms with Crippen LogP contribution in [0.5, 0.6) is 11.5 Å². The molecule has 1 N–H and O–H groups in total. The summed E-state index contributed by atoms with van der Waals surface area (Å²) in [5.41, 5.74) is 2.26. The monoisotopic (exact) mass is 514 g/mol. The van der Waals surface area contributed by atoms with E-state index in [0.717, 1.165) is 36.1 Å². The number of nitrogens with zero attached hydrogens (tertiary/aromatic N) is 3. The Kier molecular flexibility index (Phi) is 9.82. The van der Waals surface area contributed by atoms with Gasteiger partial charge in [-0.3, -0.25) is 4.99 Å². The van der Waals surface area contributed by atoms with E-state index >= 15 is 0 Å². The Balaban J connectivity index is 0.00000420. The summed E-state index contributed by atoms with van der Waals surface area (Å²) in [5.74, 6) is 2.38. The van der Waals surface area contributed by atoms with Crippen molar-refractivity contribution in [2.24, 2.45) is 12.0 Å². The number of benzene rings is 1. The second kappa shape index (κ2) is 11.3. The molecule has 0 atom stereocenters. The molecule has 162 valence electrons. The molecule has 2 rings (SSSR count). The van der Waals surface area contributed by atoms with E-state index in [1.165, 1.54) is 5.69 Å². The Morgan fingerprint density at radius 1 is 1.17 bits per heavy atom. The number of hydrogen-bond acceptors (Lipinski definition) is 3. The van der Waals surface area contributed by atoms with Crippen LogP contribution in [0.25, 0.3) is 0 Å². The van der Waals surface area contributed by atoms with Gasteiger partial charge in [0.15, 0.2) is 17.5 Å². The molecule has 1 aromatic carbocycles. The highest BCUT2D eigenvalue weighted by atomic mass is 127. The van der Waals surface area contributed by atoms with Crippen LogP contribution >= 0.6 is 24.0 Å². The van der Waals surface area contributed by atoms with Crippen LogP contribution in [-0.2, 0) is 19.0 Å². The highest BCUT2D eigenvalue weighted by Gasteiger charge is 2.23. The summed E-state index contributed by atoms with van der Waals surface area (Å²) in [5, 5.41) is 3.40. The van der Waals surface area contributed by atoms with E-state index in [1.54, 1.807) is 14.2 Å². The van der Waals surface area contributed by atoms with Crippen molar-refractivity contribution in [3.8, 4) is 11.5 Å². The number of ether oxygens (including phenoxy) is 2. The zero-order valence-electron chi connectivity index (χ0n) is 18.7. The van der Waals surface area contributed by atoms with Crippen molar-refractivity contribution in [2.75, 3.05) is 34.4 Å². The van der Waals surface area contributed by atoms with Crippen LogP contribution in [0.3, 0.4) is 0 Å². The molecule has 1 aromatic heterocycles. The average molecular weight is 514 g/mol. The molecule has 0 fully saturated rings. The molecule has 0 aliphatic heterocycles. The Bertz CT molecular complexity index is 802. The minimum Gasteiger partial charge on any atom is -0.493 e. The fourth-order valence-electron chi connectivity index (χ4n) is 3.07. The van der Waals surface area contributed by atoms with Gasteiger partial charge in [0.25, 0.3) is 0 Å². The first-order valence-corrected chi connectivity index (χ1v) is 9.64. The number of aromatic nitrogens is 1. The molecule has 7 heteroatoms. The summed E-state index contributed by atoms with van der Waals surface area (Å²) in [6.45, 7) is 8.75. The number of aliphatic imine (C=N–C) groups is 1. The number of hydrogen-bond donors (Lipinski definition) is 1. The SMILES string of the molecule is CCNC(=NCC(C)(C)c1ccc(OC)c(OC)c1)N(C)Cc1cccn1C.I. The Labute approximate surface area is 192 Å². The van der Waals surface area contributed by atoms with Crippen LogP contribution < -0.4 is 14.8 Å². The molecule has 6 nitrogen and oxygen atoms in total. The standard InChI is InChI=1S/C22H34N4O2.HI/c1-8-23-21(26(5)15-18-10-9-13-25(18)4)24-16-22(2,3)17-11-12-19(27-6)20(14-17)28-7;/h9-14H,8,15-16H2,1-7H3,(H,23,24);1H. The van der Waals surface area contributed by atoms with Gasteiger partial charge < -0.3 is 24.3 Å². The maximum atomic E-state index is 5.46. The summed E-state index contributed by atoms with van der Waals surface area (Å²) in [6, 6.07) is 10.3. The van der Waals surface area contributed by atoms with E-state index < -0.39 is 0 Å². The molecular weight excluding hydrogens is 479 g/mol. The lowest BCUT2D eigenvalue weighted by molar-refractivity contribution is 0.353. The second-order valence-electron chi connectivity index (χ2n) is 7.59. The third-order valence-corrected chi connectivity index (χ3v) is 4.94. The molecule has 0 aliphatic rings. The van der Waals surface area contributed by atoms with Crippen LogP contribution in [0.2, 0.25) is 0 Å². The zero-order chi connectivity index (χ0) is 20.7. The summed E-state index contributed by atoms with van der Waals surface area (Å²) < 4.78 is 12.9. The number of halogens is 1. The van der Waals surface area contributed by atoms with E-state index in [2.05, 4.69) is 74.0 Å². The first-order valence-electron chi connectivity index (χ1n) is 9.64. The molecule has 0 spiro atoms. The van der Waals surface area contributed by atoms with Crippen LogP contribution in [0.4, 0.5) is 0 Å². The van der Waals surface area contributed by atoms with Crippen LogP contribution in [0.1, 0.15) is 32.0 Å². The maximum Gasteiger partial charge on any atom is 0.194 e. The lowest BCUT2D eigenvalue weighted by atomic mass is 9.84. The van der Waals surface area contributed by atoms with E-state index in [-0.39, 0.29) is 29.4 Å². The van der Waals surface area contributed by atoms with E-state index in [9.17, 15) is 0 Å². The smallest absolute Gasteiger partial charge is 0.194 e. The third kappa shape index (κ3) is 6.55. The summed E-state index contributed by atoms with van der Waals surface area (Å²) in [7, 11) is 7.44. The number of guanidine groups is 1. The second-order valence-corrected chi connectivity index (χ2v) is 7.59. The van der Waals surface area contributed by atoms with E-state index in [1.807, 2.05) is 12.1 Å². The molecule has 0 bridgehead atoms. The maximum absolute atomic E-state index is 5.46. The molecule has 0 amide bonds. The quantitative estimate of drug-likeness (QED) is 0.329. The highest BCUT2D eigenvalue weighted by molar-refractivity contribution is 14.0. The molecule has 0 aliphatic carbocycles. The van der Waals surface area contributed by atoms with Crippen LogP contribution in [0.15, 0.2) is 41.5 Å². The Hall–Kier alpha value is -1.90. The van der Waals surface area contributed by atoms with Crippen molar-refractivity contribution in [1.82, 2.24) is 14.8 Å². The van der Waals surface area contributed by atoms with Gasteiger partial charge in [0.1, 0.15) is 0 Å². The highest BCUT2D eigenvalue weighted by Crippen LogP contribution is 2.33. The Morgan fingerprint density at radius 2 is 1.86 bits per heavy atom. The molecule has 0 unspecified atom stereocenters. The summed E-state index contributed by atoms with van der Waals surface area (Å²) in [6.07, 6.45) is 2.06. The lowest BCUT2D eigenvalue weighted by Gasteiger charge is -2.27. The average Bonchev–Trinajstić information content (AvgIpc) is 3.08. The minimum absolute atomic E-state index is 0. The van der Waals surface area contributed by atoms with Gasteiger partial charge in [-0.15, -0.1) is 24.0 Å². The first kappa shape index (κ1) is 25.1. The zero-order valence-corrected chi connectivity index (χ0v) is 21.0. The summed E-state index contributed by atoms with van der Waals surface area (Å²) in [4.78, 5) is 7.08. The predicted octanol–water partition coefficient (Wildman–Crippen LogP) is 4.04. The molecule has 0 radical (unpaired) electrons. The molecule has 1 heterocycles. The van der Waals surface area contributed by atoms with Crippen molar-refractivity contribution in [3.05, 3.63) is 47.8 Å². The van der Waals surface area contributed by atoms with Gasteiger partial charge in [-0.1, -0.05) is 19.9 Å². The van der Waals surface area contributed by atoms with Gasteiger partial charge in [-0.2, -0.15) is 0 Å². The molecule has 2 aromatic rings. The van der Waals surface area contributed by atoms with Gasteiger partial charge in [-0.05, 0) is 36.8 Å². The van der Waals surface area contributed by atoms with Crippen molar-refractivity contribution in [3.63, 3.8) is 0 Å². The number of nitrogens with one attached hydrogen (secondary N) is 1. The molecule has 0 saturated heterocycles. The van der Waals surface area contributed by atoms with Gasteiger partial charge >= 0.3 is 0 Å². The number of aryl methyl sites for hydroxylation is 1. The summed E-state index contributed by atoms with van der Waals surface area (Å²) >= 11 is 0. The Morgan fingerprint density at radius 3 is 2.41 bits per heavy atom. The normalized spacial score (nSPS) is 11.6. The molecule has 0 saturated carbocycles. The van der Waals surface area contributed by atoms with Gasteiger partial charge in [0, 0.05) is 37.9 Å². The molecular formula is C22H35IN4O2. The van der Waals surface area contributed by atoms with Gasteiger partial charge in [0.2, 0.25) is 0 Å². The third-order valence-electron chi connectivity index (χ3n) is 4.94. The van der Waals surface area contributed by atoms with Crippen LogP contribution in [-0.4, -0.2) is 49.8 Å². The lowest BCUT2D eigenvalue weighted by Crippen LogP contribution is -2.39. The fourth-order valence-corrected chi connectivity index (χ4v) is 3.07. The van der Waals surface area contributed by atoms with E-state index in [0.29, 0.717) is 6.54 Å². The fraction of sp³-hybridized carbons (Fsp3) is 0.500. The van der Waals surface area contributed by atoms with Crippen LogP contribution in [0, 0.1) is 0 Å². The minimum atomic E-state index is -0.147. The van der Waals surface area contributed by atoms with Gasteiger partial charge in [-0.25, -0.2) is 0 Å². The van der Waals surface area contributed by atoms with Crippen molar-refractivity contribution in [2.45, 2.75) is 32.7 Å². The first-order chi connectivity index (χ1) is 13.3.